The number of anilines is 3. The summed E-state index contributed by atoms with van der Waals surface area (Å²) in [6, 6.07) is 3.07. The molecule has 188 valence electrons. The second kappa shape index (κ2) is 9.21. The molecule has 10 nitrogen and oxygen atoms in total. The van der Waals surface area contributed by atoms with Crippen LogP contribution in [0.2, 0.25) is 0 Å². The lowest BCUT2D eigenvalue weighted by molar-refractivity contribution is -0.145. The van der Waals surface area contributed by atoms with Crippen molar-refractivity contribution in [2.24, 2.45) is 0 Å². The van der Waals surface area contributed by atoms with Crippen LogP contribution in [0.5, 0.6) is 11.6 Å². The van der Waals surface area contributed by atoms with Gasteiger partial charge in [0.2, 0.25) is 23.6 Å². The zero-order valence-corrected chi connectivity index (χ0v) is 19.6. The van der Waals surface area contributed by atoms with E-state index in [0.717, 1.165) is 48.0 Å². The molecule has 0 spiro atoms. The number of alkyl halides is 3. The van der Waals surface area contributed by atoms with Gasteiger partial charge in [0, 0.05) is 31.9 Å². The number of hydrogen-bond acceptors (Lipinski definition) is 9. The monoisotopic (exact) mass is 500 g/mol. The first-order valence-electron chi connectivity index (χ1n) is 11.5. The third kappa shape index (κ3) is 4.48. The van der Waals surface area contributed by atoms with Crippen LogP contribution in [0.15, 0.2) is 30.7 Å². The van der Waals surface area contributed by atoms with Crippen molar-refractivity contribution in [2.75, 3.05) is 28.2 Å². The van der Waals surface area contributed by atoms with Crippen molar-refractivity contribution in [1.29, 1.82) is 0 Å². The van der Waals surface area contributed by atoms with Crippen LogP contribution in [-0.4, -0.2) is 50.0 Å². The molecule has 1 amide bonds. The molecule has 1 atom stereocenters. The van der Waals surface area contributed by atoms with Gasteiger partial charge in [-0.1, -0.05) is 6.07 Å². The molecule has 0 aliphatic carbocycles. The minimum atomic E-state index is -4.62. The number of pyridine rings is 1. The van der Waals surface area contributed by atoms with Crippen LogP contribution in [0.4, 0.5) is 30.6 Å². The van der Waals surface area contributed by atoms with E-state index in [9.17, 15) is 18.0 Å². The molecule has 0 bridgehead atoms. The summed E-state index contributed by atoms with van der Waals surface area (Å²) in [5.41, 5.74) is 2.48. The molecule has 3 aromatic rings. The van der Waals surface area contributed by atoms with Gasteiger partial charge in [-0.15, -0.1) is 0 Å². The number of nitrogens with zero attached hydrogens (tertiary/aromatic N) is 7. The Balaban J connectivity index is 1.28. The van der Waals surface area contributed by atoms with E-state index in [0.29, 0.717) is 25.6 Å². The van der Waals surface area contributed by atoms with Crippen LogP contribution >= 0.6 is 0 Å². The zero-order chi connectivity index (χ0) is 25.4. The van der Waals surface area contributed by atoms with Crippen LogP contribution in [0.3, 0.4) is 0 Å². The van der Waals surface area contributed by atoms with E-state index in [-0.39, 0.29) is 23.6 Å². The van der Waals surface area contributed by atoms with Gasteiger partial charge in [-0.25, -0.2) is 19.9 Å². The standard InChI is InChI=1S/C23H23F3N8O2/c1-3-33-13(2)20(35)34-8-4-5-16-18(34)19(33)32-22(31-16)30-10-14-6-7-17(27-9-14)36-15-11-28-21(29-12-15)23(24,25)26/h6-7,9,11-13H,3-5,8,10H2,1-2H3,(H,30,31,32)/t13-/m0/s1. The Hall–Kier alpha value is -4.03. The Kier molecular flexibility index (Phi) is 6.06. The number of ether oxygens (including phenoxy) is 1. The molecular weight excluding hydrogens is 477 g/mol. The lowest BCUT2D eigenvalue weighted by atomic mass is 10.0. The van der Waals surface area contributed by atoms with Gasteiger partial charge in [0.25, 0.3) is 0 Å². The van der Waals surface area contributed by atoms with Crippen LogP contribution in [0, 0.1) is 0 Å². The number of likely N-dealkylation sites (N-methyl/N-ethyl adjacent to an activating group) is 1. The van der Waals surface area contributed by atoms with Gasteiger partial charge in [-0.2, -0.15) is 18.2 Å². The highest BCUT2D eigenvalue weighted by molar-refractivity contribution is 6.05. The Morgan fingerprint density at radius 3 is 2.58 bits per heavy atom. The van der Waals surface area contributed by atoms with E-state index in [1.54, 1.807) is 23.2 Å². The fourth-order valence-corrected chi connectivity index (χ4v) is 4.31. The van der Waals surface area contributed by atoms with Crippen molar-refractivity contribution in [2.45, 2.75) is 45.5 Å². The average molecular weight is 500 g/mol. The number of aryl methyl sites for hydroxylation is 1. The van der Waals surface area contributed by atoms with E-state index in [1.807, 2.05) is 18.7 Å². The third-order valence-electron chi connectivity index (χ3n) is 6.06. The molecule has 2 aliphatic heterocycles. The van der Waals surface area contributed by atoms with Gasteiger partial charge in [-0.05, 0) is 32.3 Å². The maximum atomic E-state index is 12.8. The summed E-state index contributed by atoms with van der Waals surface area (Å²) in [5.74, 6) is 0.295. The lowest BCUT2D eigenvalue weighted by Gasteiger charge is -2.42. The Morgan fingerprint density at radius 1 is 1.14 bits per heavy atom. The van der Waals surface area contributed by atoms with Crippen LogP contribution in [0.25, 0.3) is 0 Å². The highest BCUT2D eigenvalue weighted by atomic mass is 19.4. The molecule has 5 heterocycles. The lowest BCUT2D eigenvalue weighted by Crippen LogP contribution is -2.54. The topological polar surface area (TPSA) is 109 Å². The third-order valence-corrected chi connectivity index (χ3v) is 6.06. The maximum Gasteiger partial charge on any atom is 0.451 e. The number of amides is 1. The van der Waals surface area contributed by atoms with Crippen molar-refractivity contribution < 1.29 is 22.7 Å². The molecule has 2 aliphatic rings. The largest absolute Gasteiger partial charge is 0.451 e. The Labute approximate surface area is 204 Å². The summed E-state index contributed by atoms with van der Waals surface area (Å²) in [6.07, 6.45) is 0.481. The van der Waals surface area contributed by atoms with Gasteiger partial charge < -0.3 is 19.9 Å². The van der Waals surface area contributed by atoms with E-state index >= 15 is 0 Å². The second-order valence-corrected chi connectivity index (χ2v) is 8.42. The smallest absolute Gasteiger partial charge is 0.436 e. The van der Waals surface area contributed by atoms with Crippen molar-refractivity contribution in [3.8, 4) is 11.6 Å². The fourth-order valence-electron chi connectivity index (χ4n) is 4.31. The predicted octanol–water partition coefficient (Wildman–Crippen LogP) is 3.59. The van der Waals surface area contributed by atoms with Crippen LogP contribution in [0.1, 0.15) is 37.4 Å². The van der Waals surface area contributed by atoms with Gasteiger partial charge in [0.05, 0.1) is 18.1 Å². The minimum absolute atomic E-state index is 0.0417. The van der Waals surface area contributed by atoms with Crippen molar-refractivity contribution in [1.82, 2.24) is 24.9 Å². The number of halogens is 3. The molecule has 0 radical (unpaired) electrons. The molecule has 0 unspecified atom stereocenters. The first kappa shape index (κ1) is 23.7. The average Bonchev–Trinajstić information content (AvgIpc) is 2.87. The molecule has 0 saturated carbocycles. The summed E-state index contributed by atoms with van der Waals surface area (Å²) in [4.78, 5) is 36.7. The van der Waals surface area contributed by atoms with E-state index in [1.165, 1.54) is 0 Å². The Bertz CT molecular complexity index is 1270. The number of rotatable bonds is 6. The molecule has 36 heavy (non-hydrogen) atoms. The van der Waals surface area contributed by atoms with Crippen molar-refractivity contribution >= 4 is 23.4 Å². The molecule has 13 heteroatoms. The maximum absolute atomic E-state index is 12.8. The van der Waals surface area contributed by atoms with E-state index in [2.05, 4.69) is 25.3 Å². The quantitative estimate of drug-likeness (QED) is 0.543. The zero-order valence-electron chi connectivity index (χ0n) is 19.6. The summed E-state index contributed by atoms with van der Waals surface area (Å²) < 4.78 is 43.2. The molecular formula is C23H23F3N8O2. The molecule has 0 fully saturated rings. The number of carbonyl (C=O) groups is 1. The first-order chi connectivity index (χ1) is 17.2. The first-order valence-corrected chi connectivity index (χ1v) is 11.5. The van der Waals surface area contributed by atoms with E-state index < -0.39 is 12.0 Å². The fraction of sp³-hybridized carbons (Fsp3) is 0.391. The highest BCUT2D eigenvalue weighted by Gasteiger charge is 2.39. The minimum Gasteiger partial charge on any atom is -0.436 e. The van der Waals surface area contributed by atoms with Gasteiger partial charge in [0.1, 0.15) is 11.7 Å². The molecule has 0 saturated heterocycles. The molecule has 1 N–H and O–H groups in total. The number of nitrogens with one attached hydrogen (secondary N) is 1. The second-order valence-electron chi connectivity index (χ2n) is 8.42. The number of carbonyl (C=O) groups excluding carboxylic acids is 1. The van der Waals surface area contributed by atoms with Crippen molar-refractivity contribution in [3.05, 3.63) is 47.8 Å². The number of hydrogen-bond donors (Lipinski definition) is 1. The molecule has 5 rings (SSSR count). The molecule has 0 aromatic carbocycles. The van der Waals surface area contributed by atoms with Gasteiger partial charge in [0.15, 0.2) is 11.6 Å². The van der Waals surface area contributed by atoms with Gasteiger partial charge in [-0.3, -0.25) is 4.79 Å². The summed E-state index contributed by atoms with van der Waals surface area (Å²) in [5, 5.41) is 3.23. The van der Waals surface area contributed by atoms with Crippen LogP contribution < -0.4 is 19.9 Å². The molecule has 3 aromatic heterocycles. The predicted molar refractivity (Wildman–Crippen MR) is 124 cm³/mol. The van der Waals surface area contributed by atoms with Gasteiger partial charge >= 0.3 is 6.18 Å². The summed E-state index contributed by atoms with van der Waals surface area (Å²) >= 11 is 0. The normalized spacial score (nSPS) is 17.1. The van der Waals surface area contributed by atoms with Crippen molar-refractivity contribution in [3.63, 3.8) is 0 Å². The highest BCUT2D eigenvalue weighted by Crippen LogP contribution is 2.40. The Morgan fingerprint density at radius 2 is 1.92 bits per heavy atom. The SMILES string of the molecule is CCN1c2nc(NCc3ccc(Oc4cnc(C(F)(F)F)nc4)nc3)nc3c2N(CCC3)C(=O)[C@@H]1C. The number of aromatic nitrogens is 5. The van der Waals surface area contributed by atoms with E-state index in [4.69, 9.17) is 9.72 Å². The van der Waals surface area contributed by atoms with Crippen LogP contribution in [-0.2, 0) is 23.9 Å². The summed E-state index contributed by atoms with van der Waals surface area (Å²) in [6.45, 7) is 5.61. The summed E-state index contributed by atoms with van der Waals surface area (Å²) in [7, 11) is 0.